The molecule has 0 saturated carbocycles. The van der Waals surface area contributed by atoms with Gasteiger partial charge in [0.1, 0.15) is 11.9 Å². The molecule has 2 N–H and O–H groups in total. The summed E-state index contributed by atoms with van der Waals surface area (Å²) < 4.78 is 38.7. The van der Waals surface area contributed by atoms with E-state index in [1.165, 1.54) is 4.90 Å². The molecule has 0 aliphatic carbocycles. The van der Waals surface area contributed by atoms with Gasteiger partial charge in [0, 0.05) is 25.7 Å². The standard InChI is InChI=1S/C12H16F3N5O/c1-3-16-11-18-8(12(13,14)15)6-9(19-11)20-5-4-17-10(21)7(20)2/h6-7H,3-5H2,1-2H3,(H,17,21)(H,16,18,19). The third-order valence-corrected chi connectivity index (χ3v) is 3.13. The summed E-state index contributed by atoms with van der Waals surface area (Å²) in [5.41, 5.74) is -1.03. The van der Waals surface area contributed by atoms with Crippen LogP contribution in [0.5, 0.6) is 0 Å². The molecule has 9 heteroatoms. The molecule has 1 aliphatic rings. The minimum atomic E-state index is -4.57. The number of alkyl halides is 3. The van der Waals surface area contributed by atoms with Crippen molar-refractivity contribution < 1.29 is 18.0 Å². The molecular weight excluding hydrogens is 287 g/mol. The third-order valence-electron chi connectivity index (χ3n) is 3.13. The first-order chi connectivity index (χ1) is 9.82. The Morgan fingerprint density at radius 3 is 2.81 bits per heavy atom. The summed E-state index contributed by atoms with van der Waals surface area (Å²) >= 11 is 0. The highest BCUT2D eigenvalue weighted by Gasteiger charge is 2.35. The van der Waals surface area contributed by atoms with E-state index in [4.69, 9.17) is 0 Å². The summed E-state index contributed by atoms with van der Waals surface area (Å²) in [5, 5.41) is 5.33. The van der Waals surface area contributed by atoms with Gasteiger partial charge in [0.05, 0.1) is 0 Å². The average molecular weight is 303 g/mol. The maximum Gasteiger partial charge on any atom is 0.433 e. The van der Waals surface area contributed by atoms with Crippen molar-refractivity contribution in [2.24, 2.45) is 0 Å². The topological polar surface area (TPSA) is 70.2 Å². The second-order valence-electron chi connectivity index (χ2n) is 4.62. The fourth-order valence-electron chi connectivity index (χ4n) is 2.06. The van der Waals surface area contributed by atoms with Crippen LogP contribution in [0.1, 0.15) is 19.5 Å². The fourth-order valence-corrected chi connectivity index (χ4v) is 2.06. The van der Waals surface area contributed by atoms with Gasteiger partial charge < -0.3 is 15.5 Å². The molecule has 0 aromatic carbocycles. The number of hydrogen-bond donors (Lipinski definition) is 2. The van der Waals surface area contributed by atoms with Crippen molar-refractivity contribution in [3.8, 4) is 0 Å². The van der Waals surface area contributed by atoms with Gasteiger partial charge in [-0.1, -0.05) is 0 Å². The molecule has 21 heavy (non-hydrogen) atoms. The van der Waals surface area contributed by atoms with Crippen molar-refractivity contribution in [3.05, 3.63) is 11.8 Å². The van der Waals surface area contributed by atoms with E-state index in [-0.39, 0.29) is 17.7 Å². The van der Waals surface area contributed by atoms with Gasteiger partial charge in [0.25, 0.3) is 0 Å². The van der Waals surface area contributed by atoms with E-state index in [9.17, 15) is 18.0 Å². The van der Waals surface area contributed by atoms with E-state index in [1.807, 2.05) is 0 Å². The van der Waals surface area contributed by atoms with E-state index < -0.39 is 17.9 Å². The van der Waals surface area contributed by atoms with Crippen LogP contribution in [0.25, 0.3) is 0 Å². The number of aromatic nitrogens is 2. The number of halogens is 3. The van der Waals surface area contributed by atoms with Gasteiger partial charge in [0.2, 0.25) is 11.9 Å². The molecule has 0 spiro atoms. The normalized spacial score (nSPS) is 19.4. The van der Waals surface area contributed by atoms with E-state index in [0.717, 1.165) is 6.07 Å². The van der Waals surface area contributed by atoms with Crippen LogP contribution < -0.4 is 15.5 Å². The van der Waals surface area contributed by atoms with Crippen molar-refractivity contribution in [1.29, 1.82) is 0 Å². The summed E-state index contributed by atoms with van der Waals surface area (Å²) in [6.45, 7) is 4.52. The predicted octanol–water partition coefficient (Wildman–Crippen LogP) is 1.25. The zero-order valence-electron chi connectivity index (χ0n) is 11.7. The first-order valence-electron chi connectivity index (χ1n) is 6.57. The maximum atomic E-state index is 12.9. The van der Waals surface area contributed by atoms with E-state index in [0.29, 0.717) is 19.6 Å². The molecule has 1 atom stereocenters. The van der Waals surface area contributed by atoms with Gasteiger partial charge in [-0.05, 0) is 13.8 Å². The largest absolute Gasteiger partial charge is 0.433 e. The van der Waals surface area contributed by atoms with Crippen molar-refractivity contribution in [3.63, 3.8) is 0 Å². The van der Waals surface area contributed by atoms with E-state index >= 15 is 0 Å². The predicted molar refractivity (Wildman–Crippen MR) is 71.0 cm³/mol. The number of carbonyl (C=O) groups is 1. The monoisotopic (exact) mass is 303 g/mol. The van der Waals surface area contributed by atoms with Gasteiger partial charge >= 0.3 is 6.18 Å². The molecular formula is C12H16F3N5O. The lowest BCUT2D eigenvalue weighted by molar-refractivity contribution is -0.141. The van der Waals surface area contributed by atoms with Gasteiger partial charge in [-0.2, -0.15) is 18.2 Å². The summed E-state index contributed by atoms with van der Waals surface area (Å²) in [5.74, 6) is -0.241. The Morgan fingerprint density at radius 1 is 1.48 bits per heavy atom. The van der Waals surface area contributed by atoms with Crippen LogP contribution in [0, 0.1) is 0 Å². The number of hydrogen-bond acceptors (Lipinski definition) is 5. The number of nitrogens with one attached hydrogen (secondary N) is 2. The molecule has 0 bridgehead atoms. The Kier molecular flexibility index (Phi) is 4.19. The Labute approximate surface area is 119 Å². The Balaban J connectivity index is 2.42. The number of nitrogens with zero attached hydrogens (tertiary/aromatic N) is 3. The molecule has 1 aromatic heterocycles. The number of amides is 1. The second-order valence-corrected chi connectivity index (χ2v) is 4.62. The Bertz CT molecular complexity index is 534. The SMILES string of the molecule is CCNc1nc(N2CCNC(=O)C2C)cc(C(F)(F)F)n1. The first-order valence-corrected chi connectivity index (χ1v) is 6.57. The molecule has 0 radical (unpaired) electrons. The number of anilines is 2. The average Bonchev–Trinajstić information content (AvgIpc) is 2.41. The number of rotatable bonds is 3. The highest BCUT2D eigenvalue weighted by atomic mass is 19.4. The van der Waals surface area contributed by atoms with Gasteiger partial charge in [0.15, 0.2) is 5.69 Å². The molecule has 6 nitrogen and oxygen atoms in total. The van der Waals surface area contributed by atoms with Crippen molar-refractivity contribution >= 4 is 17.7 Å². The summed E-state index contributed by atoms with van der Waals surface area (Å²) in [4.78, 5) is 20.7. The quantitative estimate of drug-likeness (QED) is 0.879. The van der Waals surface area contributed by atoms with Crippen LogP contribution in [0.15, 0.2) is 6.07 Å². The molecule has 1 saturated heterocycles. The molecule has 2 heterocycles. The van der Waals surface area contributed by atoms with Crippen LogP contribution in [0.4, 0.5) is 24.9 Å². The van der Waals surface area contributed by atoms with E-state index in [2.05, 4.69) is 20.6 Å². The zero-order valence-corrected chi connectivity index (χ0v) is 11.7. The van der Waals surface area contributed by atoms with Crippen molar-refractivity contribution in [1.82, 2.24) is 15.3 Å². The van der Waals surface area contributed by atoms with Crippen molar-refractivity contribution in [2.45, 2.75) is 26.1 Å². The summed E-state index contributed by atoms with van der Waals surface area (Å²) in [7, 11) is 0. The summed E-state index contributed by atoms with van der Waals surface area (Å²) in [6, 6.07) is 0.292. The van der Waals surface area contributed by atoms with Gasteiger partial charge in [-0.25, -0.2) is 4.98 Å². The van der Waals surface area contributed by atoms with Crippen LogP contribution >= 0.6 is 0 Å². The number of carbonyl (C=O) groups excluding carboxylic acids is 1. The van der Waals surface area contributed by atoms with Gasteiger partial charge in [-0.3, -0.25) is 4.79 Å². The smallest absolute Gasteiger partial charge is 0.354 e. The zero-order chi connectivity index (χ0) is 15.6. The lowest BCUT2D eigenvalue weighted by Gasteiger charge is -2.34. The van der Waals surface area contributed by atoms with Crippen LogP contribution in [0.3, 0.4) is 0 Å². The minimum absolute atomic E-state index is 0.0932. The molecule has 1 fully saturated rings. The van der Waals surface area contributed by atoms with E-state index in [1.54, 1.807) is 13.8 Å². The molecule has 1 amide bonds. The van der Waals surface area contributed by atoms with Gasteiger partial charge in [-0.15, -0.1) is 0 Å². The van der Waals surface area contributed by atoms with Crippen LogP contribution in [-0.2, 0) is 11.0 Å². The Morgan fingerprint density at radius 2 is 2.19 bits per heavy atom. The maximum absolute atomic E-state index is 12.9. The Hall–Kier alpha value is -2.06. The lowest BCUT2D eigenvalue weighted by Crippen LogP contribution is -2.54. The fraction of sp³-hybridized carbons (Fsp3) is 0.583. The third kappa shape index (κ3) is 3.34. The number of piperazine rings is 1. The highest BCUT2D eigenvalue weighted by Crippen LogP contribution is 2.31. The molecule has 2 rings (SSSR count). The highest BCUT2D eigenvalue weighted by molar-refractivity contribution is 5.85. The van der Waals surface area contributed by atoms with Crippen molar-refractivity contribution in [2.75, 3.05) is 29.9 Å². The minimum Gasteiger partial charge on any atom is -0.354 e. The molecule has 1 aliphatic heterocycles. The summed E-state index contributed by atoms with van der Waals surface area (Å²) in [6.07, 6.45) is -4.57. The van der Waals surface area contributed by atoms with Crippen LogP contribution in [0.2, 0.25) is 0 Å². The molecule has 116 valence electrons. The molecule has 1 aromatic rings. The second kappa shape index (κ2) is 5.74. The lowest BCUT2D eigenvalue weighted by atomic mass is 10.2. The van der Waals surface area contributed by atoms with Crippen LogP contribution in [-0.4, -0.2) is 41.6 Å². The first kappa shape index (κ1) is 15.3. The molecule has 1 unspecified atom stereocenters.